The smallest absolute Gasteiger partial charge is 0.209 e. The summed E-state index contributed by atoms with van der Waals surface area (Å²) in [7, 11) is 1.74. The minimum Gasteiger partial charge on any atom is -0.497 e. The maximum absolute atomic E-state index is 12.1. The number of hydrogen-bond acceptors (Lipinski definition) is 3. The molecule has 1 amide bonds. The number of carbonyl (C=O) groups excluding carboxylic acids is 1. The number of benzene rings is 2. The van der Waals surface area contributed by atoms with Crippen molar-refractivity contribution in [3.8, 4) is 5.75 Å². The highest BCUT2D eigenvalue weighted by Crippen LogP contribution is 2.50. The van der Waals surface area contributed by atoms with Crippen molar-refractivity contribution in [3.63, 3.8) is 0 Å². The molecule has 4 nitrogen and oxygen atoms in total. The SMILES string of the molecule is COc1ccc2c(c1)CCC[C@]21CNC[C@H]1C1CC(c2ccccc2)CCN1C=O. The average molecular weight is 405 g/mol. The van der Waals surface area contributed by atoms with E-state index in [-0.39, 0.29) is 11.5 Å². The van der Waals surface area contributed by atoms with Crippen LogP contribution in [0.25, 0.3) is 0 Å². The van der Waals surface area contributed by atoms with Crippen molar-refractivity contribution in [3.05, 3.63) is 65.2 Å². The molecule has 2 aliphatic heterocycles. The first kappa shape index (κ1) is 19.6. The second kappa shape index (κ2) is 8.07. The van der Waals surface area contributed by atoms with Crippen molar-refractivity contribution >= 4 is 6.41 Å². The molecule has 2 aromatic rings. The number of likely N-dealkylation sites (tertiary alicyclic amines) is 1. The van der Waals surface area contributed by atoms with Crippen molar-refractivity contribution in [1.29, 1.82) is 0 Å². The van der Waals surface area contributed by atoms with E-state index in [0.29, 0.717) is 11.8 Å². The Morgan fingerprint density at radius 1 is 1.20 bits per heavy atom. The van der Waals surface area contributed by atoms with E-state index in [1.165, 1.54) is 29.5 Å². The number of nitrogens with one attached hydrogen (secondary N) is 1. The number of fused-ring (bicyclic) bond motifs is 2. The van der Waals surface area contributed by atoms with Gasteiger partial charge in [0.25, 0.3) is 0 Å². The first-order valence-electron chi connectivity index (χ1n) is 11.4. The molecular weight excluding hydrogens is 372 g/mol. The molecule has 0 saturated carbocycles. The third-order valence-electron chi connectivity index (χ3n) is 7.99. The lowest BCUT2D eigenvalue weighted by molar-refractivity contribution is -0.123. The van der Waals surface area contributed by atoms with Gasteiger partial charge in [-0.1, -0.05) is 36.4 Å². The van der Waals surface area contributed by atoms with Crippen LogP contribution in [0.4, 0.5) is 0 Å². The first-order valence-corrected chi connectivity index (χ1v) is 11.4. The Hall–Kier alpha value is -2.33. The summed E-state index contributed by atoms with van der Waals surface area (Å²) in [5, 5.41) is 3.73. The lowest BCUT2D eigenvalue weighted by Crippen LogP contribution is -2.52. The monoisotopic (exact) mass is 404 g/mol. The van der Waals surface area contributed by atoms with E-state index in [9.17, 15) is 4.79 Å². The van der Waals surface area contributed by atoms with E-state index in [0.717, 1.165) is 51.1 Å². The normalized spacial score (nSPS) is 30.8. The summed E-state index contributed by atoms with van der Waals surface area (Å²) >= 11 is 0. The summed E-state index contributed by atoms with van der Waals surface area (Å²) in [5.41, 5.74) is 4.45. The number of methoxy groups -OCH3 is 1. The van der Waals surface area contributed by atoms with Gasteiger partial charge in [-0.3, -0.25) is 4.79 Å². The molecule has 1 N–H and O–H groups in total. The highest BCUT2D eigenvalue weighted by molar-refractivity contribution is 5.50. The maximum Gasteiger partial charge on any atom is 0.209 e. The zero-order valence-corrected chi connectivity index (χ0v) is 17.8. The Labute approximate surface area is 179 Å². The minimum atomic E-state index is 0.115. The van der Waals surface area contributed by atoms with Crippen LogP contribution in [0.5, 0.6) is 5.75 Å². The Balaban J connectivity index is 1.50. The predicted octanol–water partition coefficient (Wildman–Crippen LogP) is 3.89. The number of piperidine rings is 1. The van der Waals surface area contributed by atoms with Crippen molar-refractivity contribution in [2.45, 2.75) is 49.5 Å². The molecule has 2 fully saturated rings. The van der Waals surface area contributed by atoms with Crippen LogP contribution >= 0.6 is 0 Å². The van der Waals surface area contributed by atoms with Crippen molar-refractivity contribution < 1.29 is 9.53 Å². The molecular formula is C26H32N2O2. The van der Waals surface area contributed by atoms with Gasteiger partial charge in [0, 0.05) is 37.0 Å². The number of carbonyl (C=O) groups is 1. The van der Waals surface area contributed by atoms with Gasteiger partial charge in [0.1, 0.15) is 5.75 Å². The van der Waals surface area contributed by atoms with Gasteiger partial charge in [-0.2, -0.15) is 0 Å². The Kier molecular flexibility index (Phi) is 5.28. The van der Waals surface area contributed by atoms with Gasteiger partial charge in [0.15, 0.2) is 0 Å². The number of ether oxygens (including phenoxy) is 1. The second-order valence-electron chi connectivity index (χ2n) is 9.31. The molecule has 158 valence electrons. The van der Waals surface area contributed by atoms with Crippen LogP contribution in [0.3, 0.4) is 0 Å². The third-order valence-corrected chi connectivity index (χ3v) is 7.99. The molecule has 30 heavy (non-hydrogen) atoms. The van der Waals surface area contributed by atoms with Crippen LogP contribution < -0.4 is 10.1 Å². The fourth-order valence-electron chi connectivity index (χ4n) is 6.54. The fraction of sp³-hybridized carbons (Fsp3) is 0.500. The van der Waals surface area contributed by atoms with Crippen LogP contribution in [-0.4, -0.2) is 44.1 Å². The lowest BCUT2D eigenvalue weighted by Gasteiger charge is -2.48. The zero-order valence-electron chi connectivity index (χ0n) is 17.8. The van der Waals surface area contributed by atoms with E-state index in [4.69, 9.17) is 4.74 Å². The van der Waals surface area contributed by atoms with E-state index in [2.05, 4.69) is 58.7 Å². The number of aryl methyl sites for hydroxylation is 1. The van der Waals surface area contributed by atoms with Crippen molar-refractivity contribution in [2.75, 3.05) is 26.7 Å². The second-order valence-corrected chi connectivity index (χ2v) is 9.31. The molecule has 4 heteroatoms. The quantitative estimate of drug-likeness (QED) is 0.786. The van der Waals surface area contributed by atoms with E-state index >= 15 is 0 Å². The highest BCUT2D eigenvalue weighted by atomic mass is 16.5. The molecule has 5 rings (SSSR count). The molecule has 1 spiro atoms. The highest BCUT2D eigenvalue weighted by Gasteiger charge is 2.51. The van der Waals surface area contributed by atoms with Crippen LogP contribution in [0.15, 0.2) is 48.5 Å². The fourth-order valence-corrected chi connectivity index (χ4v) is 6.54. The standard InChI is InChI=1S/C26H32N2O2/c1-30-22-9-10-23-21(14-22)8-5-12-26(23)17-27-16-24(26)25-15-20(11-13-28(25)18-29)19-6-3-2-4-7-19/h2-4,6-7,9-10,14,18,20,24-25,27H,5,8,11-13,15-17H2,1H3/t20?,24-,25?,26-/m0/s1. The average Bonchev–Trinajstić information content (AvgIpc) is 3.22. The van der Waals surface area contributed by atoms with E-state index in [1.807, 2.05) is 0 Å². The molecule has 1 aliphatic carbocycles. The van der Waals surface area contributed by atoms with Gasteiger partial charge in [0.05, 0.1) is 7.11 Å². The predicted molar refractivity (Wildman–Crippen MR) is 119 cm³/mol. The Morgan fingerprint density at radius 2 is 2.07 bits per heavy atom. The van der Waals surface area contributed by atoms with Crippen LogP contribution in [-0.2, 0) is 16.6 Å². The summed E-state index contributed by atoms with van der Waals surface area (Å²) in [6.45, 7) is 2.86. The summed E-state index contributed by atoms with van der Waals surface area (Å²) in [6.07, 6.45) is 6.74. The van der Waals surface area contributed by atoms with Gasteiger partial charge in [-0.25, -0.2) is 0 Å². The van der Waals surface area contributed by atoms with Gasteiger partial charge < -0.3 is 15.0 Å². The molecule has 0 radical (unpaired) electrons. The largest absolute Gasteiger partial charge is 0.497 e. The van der Waals surface area contributed by atoms with Crippen LogP contribution in [0.1, 0.15) is 48.3 Å². The van der Waals surface area contributed by atoms with Gasteiger partial charge >= 0.3 is 0 Å². The Bertz CT molecular complexity index is 899. The molecule has 0 bridgehead atoms. The number of amides is 1. The zero-order chi connectivity index (χ0) is 20.6. The molecule has 4 atom stereocenters. The number of rotatable bonds is 4. The molecule has 2 unspecified atom stereocenters. The topological polar surface area (TPSA) is 41.6 Å². The first-order chi connectivity index (χ1) is 14.7. The van der Waals surface area contributed by atoms with Crippen molar-refractivity contribution in [2.24, 2.45) is 5.92 Å². The lowest BCUT2D eigenvalue weighted by atomic mass is 9.61. The minimum absolute atomic E-state index is 0.115. The maximum atomic E-state index is 12.1. The molecule has 3 aliphatic rings. The summed E-state index contributed by atoms with van der Waals surface area (Å²) in [6, 6.07) is 17.8. The van der Waals surface area contributed by atoms with E-state index < -0.39 is 0 Å². The summed E-state index contributed by atoms with van der Waals surface area (Å²) < 4.78 is 5.50. The van der Waals surface area contributed by atoms with Gasteiger partial charge in [0.2, 0.25) is 6.41 Å². The van der Waals surface area contributed by atoms with Crippen LogP contribution in [0.2, 0.25) is 0 Å². The summed E-state index contributed by atoms with van der Waals surface area (Å²) in [5.74, 6) is 1.93. The van der Waals surface area contributed by atoms with Gasteiger partial charge in [-0.15, -0.1) is 0 Å². The Morgan fingerprint density at radius 3 is 2.87 bits per heavy atom. The third kappa shape index (κ3) is 3.22. The molecule has 2 aromatic carbocycles. The van der Waals surface area contributed by atoms with Crippen LogP contribution in [0, 0.1) is 5.92 Å². The number of nitrogens with zero attached hydrogens (tertiary/aromatic N) is 1. The summed E-state index contributed by atoms with van der Waals surface area (Å²) in [4.78, 5) is 14.2. The van der Waals surface area contributed by atoms with Gasteiger partial charge in [-0.05, 0) is 66.8 Å². The number of hydrogen-bond donors (Lipinski definition) is 1. The van der Waals surface area contributed by atoms with E-state index in [1.54, 1.807) is 7.11 Å². The van der Waals surface area contributed by atoms with Crippen molar-refractivity contribution in [1.82, 2.24) is 10.2 Å². The molecule has 0 aromatic heterocycles. The molecule has 2 saturated heterocycles. The molecule has 2 heterocycles.